The fourth-order valence-electron chi connectivity index (χ4n) is 3.41. The first kappa shape index (κ1) is 21.8. The Labute approximate surface area is 187 Å². The van der Waals surface area contributed by atoms with Crippen molar-refractivity contribution >= 4 is 21.3 Å². The molecule has 4 aromatic rings. The molecule has 4 rings (SSSR count). The van der Waals surface area contributed by atoms with Crippen LogP contribution >= 0.6 is 0 Å². The van der Waals surface area contributed by atoms with Gasteiger partial charge < -0.3 is 9.14 Å². The van der Waals surface area contributed by atoms with Crippen LogP contribution in [-0.4, -0.2) is 30.2 Å². The minimum atomic E-state index is -3.65. The van der Waals surface area contributed by atoms with E-state index in [1.165, 1.54) is 0 Å². The van der Waals surface area contributed by atoms with E-state index in [9.17, 15) is 13.2 Å². The van der Waals surface area contributed by atoms with Crippen molar-refractivity contribution in [1.29, 1.82) is 0 Å². The molecule has 32 heavy (non-hydrogen) atoms. The van der Waals surface area contributed by atoms with Crippen LogP contribution in [0.4, 0.5) is 0 Å². The summed E-state index contributed by atoms with van der Waals surface area (Å²) in [7, 11) is -3.65. The molecule has 6 nitrogen and oxygen atoms in total. The quantitative estimate of drug-likeness (QED) is 0.345. The zero-order valence-corrected chi connectivity index (χ0v) is 18.6. The number of carbonyl (C=O) groups excluding carboxylic acids is 1. The second-order valence-electron chi connectivity index (χ2n) is 7.50. The summed E-state index contributed by atoms with van der Waals surface area (Å²) in [6.07, 6.45) is 6.98. The van der Waals surface area contributed by atoms with E-state index in [1.807, 2.05) is 17.4 Å². The topological polar surface area (TPSA) is 77.7 Å². The predicted molar refractivity (Wildman–Crippen MR) is 122 cm³/mol. The number of aryl methyl sites for hydroxylation is 1. The number of benzene rings is 2. The van der Waals surface area contributed by atoms with Gasteiger partial charge in [-0.15, -0.1) is 0 Å². The number of pyridine rings is 1. The van der Waals surface area contributed by atoms with E-state index < -0.39 is 9.84 Å². The van der Waals surface area contributed by atoms with E-state index in [2.05, 4.69) is 4.98 Å². The number of sulfone groups is 1. The summed E-state index contributed by atoms with van der Waals surface area (Å²) in [5.41, 5.74) is 2.32. The van der Waals surface area contributed by atoms with Gasteiger partial charge in [-0.05, 0) is 60.9 Å². The number of carbonyl (C=O) groups is 1. The number of ketones is 1. The standard InChI is InChI=1S/C25H24N2O4S/c1-2-16-31-21-4-3-5-23(17-21)32(29,30)22-10-6-19(7-11-22)8-12-24(28)20-9-13-25-26-14-15-27(25)18-20/h3-7,9-11,13-15,17-18H,2,8,12,16H2,1H3. The number of nitrogens with zero attached hydrogens (tertiary/aromatic N) is 2. The van der Waals surface area contributed by atoms with Gasteiger partial charge in [0.25, 0.3) is 0 Å². The summed E-state index contributed by atoms with van der Waals surface area (Å²) in [5.74, 6) is 0.568. The number of hydrogen-bond donors (Lipinski definition) is 0. The second kappa shape index (κ2) is 9.36. The number of rotatable bonds is 9. The molecule has 0 spiro atoms. The van der Waals surface area contributed by atoms with E-state index in [1.54, 1.807) is 73.2 Å². The molecule has 0 saturated carbocycles. The Morgan fingerprint density at radius 2 is 1.84 bits per heavy atom. The fourth-order valence-corrected chi connectivity index (χ4v) is 4.71. The molecule has 0 bridgehead atoms. The van der Waals surface area contributed by atoms with Crippen LogP contribution in [0, 0.1) is 0 Å². The minimum Gasteiger partial charge on any atom is -0.494 e. The molecular weight excluding hydrogens is 424 g/mol. The molecule has 7 heteroatoms. The van der Waals surface area contributed by atoms with Crippen molar-refractivity contribution in [1.82, 2.24) is 9.38 Å². The Hall–Kier alpha value is -3.45. The van der Waals surface area contributed by atoms with Gasteiger partial charge >= 0.3 is 0 Å². The molecule has 164 valence electrons. The molecule has 0 amide bonds. The summed E-state index contributed by atoms with van der Waals surface area (Å²) in [4.78, 5) is 17.1. The Morgan fingerprint density at radius 3 is 2.62 bits per heavy atom. The van der Waals surface area contributed by atoms with Gasteiger partial charge in [-0.1, -0.05) is 25.1 Å². The number of ether oxygens (including phenoxy) is 1. The van der Waals surface area contributed by atoms with Crippen LogP contribution in [0.5, 0.6) is 5.75 Å². The SMILES string of the molecule is CCCOc1cccc(S(=O)(=O)c2ccc(CCC(=O)c3ccc4nccn4c3)cc2)c1. The maximum Gasteiger partial charge on any atom is 0.206 e. The lowest BCUT2D eigenvalue weighted by Gasteiger charge is -2.09. The molecule has 0 aliphatic heterocycles. The first-order chi connectivity index (χ1) is 15.5. The molecule has 2 aromatic heterocycles. The second-order valence-corrected chi connectivity index (χ2v) is 9.45. The van der Waals surface area contributed by atoms with Gasteiger partial charge in [0, 0.05) is 30.6 Å². The predicted octanol–water partition coefficient (Wildman–Crippen LogP) is 4.77. The van der Waals surface area contributed by atoms with Crippen molar-refractivity contribution < 1.29 is 17.9 Å². The Morgan fingerprint density at radius 1 is 1.03 bits per heavy atom. The molecule has 0 unspecified atom stereocenters. The summed E-state index contributed by atoms with van der Waals surface area (Å²) < 4.78 is 33.3. The van der Waals surface area contributed by atoms with Crippen molar-refractivity contribution in [2.24, 2.45) is 0 Å². The van der Waals surface area contributed by atoms with Gasteiger partial charge in [0.05, 0.1) is 16.4 Å². The molecule has 0 N–H and O–H groups in total. The largest absolute Gasteiger partial charge is 0.494 e. The molecular formula is C25H24N2O4S. The highest BCUT2D eigenvalue weighted by atomic mass is 32.2. The lowest BCUT2D eigenvalue weighted by molar-refractivity contribution is 0.0982. The van der Waals surface area contributed by atoms with Gasteiger partial charge in [-0.2, -0.15) is 0 Å². The highest BCUT2D eigenvalue weighted by Gasteiger charge is 2.18. The maximum atomic E-state index is 13.0. The number of hydrogen-bond acceptors (Lipinski definition) is 5. The van der Waals surface area contributed by atoms with Crippen LogP contribution in [0.2, 0.25) is 0 Å². The third kappa shape index (κ3) is 4.73. The Balaban J connectivity index is 1.43. The van der Waals surface area contributed by atoms with Gasteiger partial charge in [0.1, 0.15) is 11.4 Å². The van der Waals surface area contributed by atoms with E-state index in [-0.39, 0.29) is 15.6 Å². The lowest BCUT2D eigenvalue weighted by Crippen LogP contribution is -2.04. The van der Waals surface area contributed by atoms with Gasteiger partial charge in [0.2, 0.25) is 9.84 Å². The van der Waals surface area contributed by atoms with Crippen molar-refractivity contribution in [3.05, 3.63) is 90.4 Å². The van der Waals surface area contributed by atoms with Crippen LogP contribution in [0.15, 0.2) is 89.0 Å². The Kier molecular flexibility index (Phi) is 6.37. The van der Waals surface area contributed by atoms with E-state index in [0.29, 0.717) is 30.8 Å². The normalized spacial score (nSPS) is 11.5. The average Bonchev–Trinajstić information content (AvgIpc) is 3.29. The first-order valence-corrected chi connectivity index (χ1v) is 12.0. The number of aromatic nitrogens is 2. The lowest BCUT2D eigenvalue weighted by atomic mass is 10.0. The van der Waals surface area contributed by atoms with E-state index in [0.717, 1.165) is 17.6 Å². The minimum absolute atomic E-state index is 0.0289. The molecule has 0 radical (unpaired) electrons. The van der Waals surface area contributed by atoms with Crippen LogP contribution in [0.1, 0.15) is 35.7 Å². The van der Waals surface area contributed by atoms with E-state index in [4.69, 9.17) is 4.74 Å². The summed E-state index contributed by atoms with van der Waals surface area (Å²) in [6, 6.07) is 16.8. The van der Waals surface area contributed by atoms with E-state index >= 15 is 0 Å². The zero-order valence-electron chi connectivity index (χ0n) is 17.8. The molecule has 0 aliphatic rings. The molecule has 0 atom stereocenters. The van der Waals surface area contributed by atoms with Crippen LogP contribution in [-0.2, 0) is 16.3 Å². The molecule has 0 saturated heterocycles. The highest BCUT2D eigenvalue weighted by molar-refractivity contribution is 7.91. The van der Waals surface area contributed by atoms with Crippen LogP contribution < -0.4 is 4.74 Å². The first-order valence-electron chi connectivity index (χ1n) is 10.5. The van der Waals surface area contributed by atoms with Crippen LogP contribution in [0.25, 0.3) is 5.65 Å². The van der Waals surface area contributed by atoms with Crippen molar-refractivity contribution in [2.75, 3.05) is 6.61 Å². The maximum absolute atomic E-state index is 13.0. The highest BCUT2D eigenvalue weighted by Crippen LogP contribution is 2.25. The molecule has 0 aliphatic carbocycles. The van der Waals surface area contributed by atoms with Gasteiger partial charge in [0.15, 0.2) is 5.78 Å². The third-order valence-electron chi connectivity index (χ3n) is 5.17. The molecule has 2 aromatic carbocycles. The van der Waals surface area contributed by atoms with Crippen LogP contribution in [0.3, 0.4) is 0 Å². The summed E-state index contributed by atoms with van der Waals surface area (Å²) >= 11 is 0. The molecule has 0 fully saturated rings. The Bertz CT molecular complexity index is 1340. The van der Waals surface area contributed by atoms with Crippen molar-refractivity contribution in [3.63, 3.8) is 0 Å². The number of fused-ring (bicyclic) bond motifs is 1. The fraction of sp³-hybridized carbons (Fsp3) is 0.200. The zero-order chi connectivity index (χ0) is 22.6. The van der Waals surface area contributed by atoms with Crippen molar-refractivity contribution in [3.8, 4) is 5.75 Å². The summed E-state index contributed by atoms with van der Waals surface area (Å²) in [5, 5.41) is 0. The monoisotopic (exact) mass is 448 g/mol. The smallest absolute Gasteiger partial charge is 0.206 e. The van der Waals surface area contributed by atoms with Gasteiger partial charge in [-0.25, -0.2) is 13.4 Å². The van der Waals surface area contributed by atoms with Gasteiger partial charge in [-0.3, -0.25) is 4.79 Å². The summed E-state index contributed by atoms with van der Waals surface area (Å²) in [6.45, 7) is 2.53. The van der Waals surface area contributed by atoms with Crippen molar-refractivity contribution in [2.45, 2.75) is 36.0 Å². The third-order valence-corrected chi connectivity index (χ3v) is 6.94. The number of imidazole rings is 1. The number of Topliss-reactive ketones (excluding diaryl/α,β-unsaturated/α-hetero) is 1. The molecule has 2 heterocycles. The average molecular weight is 449 g/mol.